The minimum atomic E-state index is 0.223. The van der Waals surface area contributed by atoms with Crippen LogP contribution in [0.5, 0.6) is 5.75 Å². The number of benzene rings is 1. The van der Waals surface area contributed by atoms with Crippen LogP contribution in [0, 0.1) is 0 Å². The van der Waals surface area contributed by atoms with Gasteiger partial charge in [0.2, 0.25) is 0 Å². The van der Waals surface area contributed by atoms with Crippen LogP contribution in [-0.4, -0.2) is 5.11 Å². The molecule has 3 nitrogen and oxygen atoms in total. The number of halogens is 2. The van der Waals surface area contributed by atoms with Crippen LogP contribution in [0.1, 0.15) is 12.8 Å². The number of fused-ring (bicyclic) bond motifs is 2. The lowest BCUT2D eigenvalue weighted by Crippen LogP contribution is -2.19. The third kappa shape index (κ3) is 1.77. The topological polar surface area (TPSA) is 44.3 Å². The fourth-order valence-electron chi connectivity index (χ4n) is 2.03. The number of rotatable bonds is 0. The first-order valence-corrected chi connectivity index (χ1v) is 6.91. The lowest BCUT2D eigenvalue weighted by Gasteiger charge is -2.29. The van der Waals surface area contributed by atoms with Crippen molar-refractivity contribution >= 4 is 43.2 Å². The molecule has 1 heterocycles. The van der Waals surface area contributed by atoms with E-state index >= 15 is 0 Å². The minimum Gasteiger partial charge on any atom is -0.505 e. The molecular weight excluding hydrogens is 348 g/mol. The van der Waals surface area contributed by atoms with E-state index in [9.17, 15) is 5.11 Å². The van der Waals surface area contributed by atoms with Crippen LogP contribution in [0.15, 0.2) is 38.6 Å². The van der Waals surface area contributed by atoms with Crippen LogP contribution in [0.4, 0.5) is 11.4 Å². The van der Waals surface area contributed by atoms with Crippen LogP contribution in [-0.2, 0) is 0 Å². The van der Waals surface area contributed by atoms with Gasteiger partial charge in [0.05, 0.1) is 21.6 Å². The summed E-state index contributed by atoms with van der Waals surface area (Å²) >= 11 is 6.82. The second-order valence-electron chi connectivity index (χ2n) is 4.00. The highest BCUT2D eigenvalue weighted by Crippen LogP contribution is 2.47. The molecule has 0 bridgehead atoms. The molecule has 17 heavy (non-hydrogen) atoms. The van der Waals surface area contributed by atoms with E-state index in [0.717, 1.165) is 34.4 Å². The Balaban J connectivity index is 2.18. The second-order valence-corrected chi connectivity index (χ2v) is 5.71. The van der Waals surface area contributed by atoms with Crippen molar-refractivity contribution in [3.63, 3.8) is 0 Å². The van der Waals surface area contributed by atoms with Gasteiger partial charge in [-0.1, -0.05) is 12.2 Å². The van der Waals surface area contributed by atoms with Crippen molar-refractivity contribution < 1.29 is 5.11 Å². The van der Waals surface area contributed by atoms with E-state index in [2.05, 4.69) is 54.6 Å². The Labute approximate surface area is 116 Å². The van der Waals surface area contributed by atoms with E-state index in [-0.39, 0.29) is 5.75 Å². The summed E-state index contributed by atoms with van der Waals surface area (Å²) in [6.07, 6.45) is 6.37. The number of hydrogen-bond donors (Lipinski definition) is 3. The third-order valence-corrected chi connectivity index (χ3v) is 4.11. The van der Waals surface area contributed by atoms with Gasteiger partial charge in [0, 0.05) is 4.47 Å². The summed E-state index contributed by atoms with van der Waals surface area (Å²) in [7, 11) is 0. The maximum absolute atomic E-state index is 10.0. The quantitative estimate of drug-likeness (QED) is 0.606. The van der Waals surface area contributed by atoms with Gasteiger partial charge in [0.25, 0.3) is 0 Å². The number of phenolic OH excluding ortho intramolecular Hbond substituents is 1. The van der Waals surface area contributed by atoms with Crippen LogP contribution in [0.3, 0.4) is 0 Å². The lowest BCUT2D eigenvalue weighted by molar-refractivity contribution is 0.474. The minimum absolute atomic E-state index is 0.223. The van der Waals surface area contributed by atoms with Gasteiger partial charge in [-0.3, -0.25) is 0 Å². The second kappa shape index (κ2) is 4.07. The van der Waals surface area contributed by atoms with Crippen LogP contribution < -0.4 is 10.6 Å². The Morgan fingerprint density at radius 3 is 2.18 bits per heavy atom. The van der Waals surface area contributed by atoms with Crippen molar-refractivity contribution in [3.8, 4) is 5.75 Å². The van der Waals surface area contributed by atoms with Gasteiger partial charge in [0.1, 0.15) is 5.69 Å². The van der Waals surface area contributed by atoms with E-state index in [1.165, 1.54) is 0 Å². The molecule has 0 aromatic heterocycles. The van der Waals surface area contributed by atoms with Gasteiger partial charge >= 0.3 is 0 Å². The molecule has 2 aliphatic rings. The average molecular weight is 358 g/mol. The summed E-state index contributed by atoms with van der Waals surface area (Å²) in [5, 5.41) is 16.6. The first-order valence-electron chi connectivity index (χ1n) is 5.32. The number of aromatic hydroxyl groups is 1. The SMILES string of the molecule is Oc1c(Br)cc(Br)c2c1NC1=CCCC=C1N2. The molecule has 0 atom stereocenters. The molecule has 0 saturated carbocycles. The first-order chi connectivity index (χ1) is 8.16. The maximum Gasteiger partial charge on any atom is 0.155 e. The summed E-state index contributed by atoms with van der Waals surface area (Å²) in [6, 6.07) is 1.83. The predicted octanol–water partition coefficient (Wildman–Crippen LogP) is 4.32. The van der Waals surface area contributed by atoms with Gasteiger partial charge in [-0.2, -0.15) is 0 Å². The highest BCUT2D eigenvalue weighted by atomic mass is 79.9. The van der Waals surface area contributed by atoms with Crippen LogP contribution in [0.2, 0.25) is 0 Å². The largest absolute Gasteiger partial charge is 0.505 e. The fourth-order valence-corrected chi connectivity index (χ4v) is 3.29. The standard InChI is InChI=1S/C12H10Br2N2O/c13-6-5-7(14)12(17)11-10(6)15-8-3-1-2-4-9(8)16-11/h3-5,15-17H,1-2H2. The molecule has 1 aliphatic carbocycles. The smallest absolute Gasteiger partial charge is 0.155 e. The monoisotopic (exact) mass is 356 g/mol. The fraction of sp³-hybridized carbons (Fsp3) is 0.167. The molecule has 0 saturated heterocycles. The maximum atomic E-state index is 10.0. The molecule has 1 aliphatic heterocycles. The normalized spacial score (nSPS) is 17.1. The Morgan fingerprint density at radius 1 is 0.941 bits per heavy atom. The van der Waals surface area contributed by atoms with Crippen molar-refractivity contribution in [2.75, 3.05) is 10.6 Å². The van der Waals surface area contributed by atoms with E-state index in [0.29, 0.717) is 10.2 Å². The lowest BCUT2D eigenvalue weighted by atomic mass is 10.0. The summed E-state index contributed by atoms with van der Waals surface area (Å²) < 4.78 is 1.58. The van der Waals surface area contributed by atoms with Crippen molar-refractivity contribution in [3.05, 3.63) is 38.6 Å². The number of hydrogen-bond acceptors (Lipinski definition) is 3. The van der Waals surface area contributed by atoms with Gasteiger partial charge in [-0.15, -0.1) is 0 Å². The molecule has 88 valence electrons. The number of anilines is 2. The molecule has 1 aromatic rings. The van der Waals surface area contributed by atoms with Crippen LogP contribution >= 0.6 is 31.9 Å². The summed E-state index contributed by atoms with van der Waals surface area (Å²) in [5.41, 5.74) is 3.68. The molecule has 0 spiro atoms. The molecule has 3 rings (SSSR count). The van der Waals surface area contributed by atoms with E-state index in [1.54, 1.807) is 0 Å². The van der Waals surface area contributed by atoms with Crippen molar-refractivity contribution in [2.45, 2.75) is 12.8 Å². The van der Waals surface area contributed by atoms with Gasteiger partial charge in [0.15, 0.2) is 5.75 Å². The number of allylic oxidation sites excluding steroid dienone is 2. The third-order valence-electron chi connectivity index (χ3n) is 2.88. The van der Waals surface area contributed by atoms with E-state index < -0.39 is 0 Å². The molecule has 0 radical (unpaired) electrons. The summed E-state index contributed by atoms with van der Waals surface area (Å²) in [5.74, 6) is 0.223. The predicted molar refractivity (Wildman–Crippen MR) is 76.2 cm³/mol. The molecule has 1 aromatic carbocycles. The molecule has 0 unspecified atom stereocenters. The van der Waals surface area contributed by atoms with Crippen molar-refractivity contribution in [2.24, 2.45) is 0 Å². The molecule has 0 fully saturated rings. The van der Waals surface area contributed by atoms with Crippen molar-refractivity contribution in [1.82, 2.24) is 0 Å². The van der Waals surface area contributed by atoms with Gasteiger partial charge < -0.3 is 15.7 Å². The Hall–Kier alpha value is -0.940. The number of nitrogens with one attached hydrogen (secondary N) is 2. The van der Waals surface area contributed by atoms with E-state index in [1.807, 2.05) is 6.07 Å². The average Bonchev–Trinajstić information content (AvgIpc) is 2.34. The molecule has 3 N–H and O–H groups in total. The van der Waals surface area contributed by atoms with Gasteiger partial charge in [-0.25, -0.2) is 0 Å². The number of phenols is 1. The van der Waals surface area contributed by atoms with E-state index in [4.69, 9.17) is 0 Å². The molecule has 0 amide bonds. The van der Waals surface area contributed by atoms with Crippen LogP contribution in [0.25, 0.3) is 0 Å². The molecule has 5 heteroatoms. The highest BCUT2D eigenvalue weighted by molar-refractivity contribution is 9.11. The Morgan fingerprint density at radius 2 is 1.53 bits per heavy atom. The zero-order chi connectivity index (χ0) is 12.0. The first kappa shape index (κ1) is 11.2. The Bertz CT molecular complexity index is 564. The Kier molecular flexibility index (Phi) is 2.67. The van der Waals surface area contributed by atoms with Crippen molar-refractivity contribution in [1.29, 1.82) is 0 Å². The zero-order valence-electron chi connectivity index (χ0n) is 8.85. The highest BCUT2D eigenvalue weighted by Gasteiger charge is 2.24. The van der Waals surface area contributed by atoms with Gasteiger partial charge in [-0.05, 0) is 50.8 Å². The summed E-state index contributed by atoms with van der Waals surface area (Å²) in [4.78, 5) is 0. The molecular formula is C12H10Br2N2O. The summed E-state index contributed by atoms with van der Waals surface area (Å²) in [6.45, 7) is 0. The zero-order valence-corrected chi connectivity index (χ0v) is 12.0.